The van der Waals surface area contributed by atoms with Crippen molar-refractivity contribution in [3.05, 3.63) is 53.8 Å². The second-order valence-electron chi connectivity index (χ2n) is 6.05. The Labute approximate surface area is 149 Å². The van der Waals surface area contributed by atoms with Gasteiger partial charge in [-0.2, -0.15) is 0 Å². The van der Waals surface area contributed by atoms with Crippen molar-refractivity contribution in [1.82, 2.24) is 4.90 Å². The van der Waals surface area contributed by atoms with E-state index in [0.717, 1.165) is 18.5 Å². The number of rotatable bonds is 8. The van der Waals surface area contributed by atoms with E-state index in [1.807, 2.05) is 49.1 Å². The standard InChI is InChI=1S/C21H26FNO2/c1-4-13-23(5-2)21(24)12-14-25-20-9-7-6-8-17(20)18-15-16(3)10-11-19(18)22/h6-11,15H,4-5,12-14H2,1-3H3. The van der Waals surface area contributed by atoms with Gasteiger partial charge in [0, 0.05) is 24.2 Å². The third-order valence-electron chi connectivity index (χ3n) is 4.10. The predicted molar refractivity (Wildman–Crippen MR) is 99.2 cm³/mol. The first-order valence-corrected chi connectivity index (χ1v) is 8.83. The molecule has 0 radical (unpaired) electrons. The fraction of sp³-hybridized carbons (Fsp3) is 0.381. The molecule has 0 fully saturated rings. The number of para-hydroxylation sites is 1. The molecule has 0 N–H and O–H groups in total. The largest absolute Gasteiger partial charge is 0.492 e. The highest BCUT2D eigenvalue weighted by molar-refractivity contribution is 5.76. The fourth-order valence-corrected chi connectivity index (χ4v) is 2.80. The molecule has 25 heavy (non-hydrogen) atoms. The number of hydrogen-bond donors (Lipinski definition) is 0. The van der Waals surface area contributed by atoms with Crippen LogP contribution in [0.3, 0.4) is 0 Å². The maximum atomic E-state index is 14.2. The number of amides is 1. The molecular weight excluding hydrogens is 317 g/mol. The zero-order valence-electron chi connectivity index (χ0n) is 15.2. The Balaban J connectivity index is 2.09. The van der Waals surface area contributed by atoms with Crippen LogP contribution in [-0.2, 0) is 4.79 Å². The minimum absolute atomic E-state index is 0.0866. The molecule has 134 valence electrons. The molecule has 0 aromatic heterocycles. The van der Waals surface area contributed by atoms with E-state index in [-0.39, 0.29) is 18.3 Å². The summed E-state index contributed by atoms with van der Waals surface area (Å²) in [6.07, 6.45) is 1.26. The van der Waals surface area contributed by atoms with Gasteiger partial charge in [-0.15, -0.1) is 0 Å². The number of benzene rings is 2. The summed E-state index contributed by atoms with van der Waals surface area (Å²) in [6.45, 7) is 7.71. The Hall–Kier alpha value is -2.36. The van der Waals surface area contributed by atoms with Crippen LogP contribution in [0.25, 0.3) is 11.1 Å². The van der Waals surface area contributed by atoms with E-state index in [9.17, 15) is 9.18 Å². The molecule has 2 rings (SSSR count). The van der Waals surface area contributed by atoms with Crippen molar-refractivity contribution in [2.24, 2.45) is 0 Å². The van der Waals surface area contributed by atoms with Crippen molar-refractivity contribution in [1.29, 1.82) is 0 Å². The van der Waals surface area contributed by atoms with Gasteiger partial charge >= 0.3 is 0 Å². The minimum atomic E-state index is -0.280. The normalized spacial score (nSPS) is 10.6. The summed E-state index contributed by atoms with van der Waals surface area (Å²) < 4.78 is 20.0. The minimum Gasteiger partial charge on any atom is -0.492 e. The maximum absolute atomic E-state index is 14.2. The molecule has 3 nitrogen and oxygen atoms in total. The summed E-state index contributed by atoms with van der Waals surface area (Å²) in [7, 11) is 0. The van der Waals surface area contributed by atoms with E-state index < -0.39 is 0 Å². The summed E-state index contributed by atoms with van der Waals surface area (Å²) in [6, 6.07) is 12.4. The van der Waals surface area contributed by atoms with E-state index in [1.54, 1.807) is 6.07 Å². The number of nitrogens with zero attached hydrogens (tertiary/aromatic N) is 1. The average Bonchev–Trinajstić information content (AvgIpc) is 2.62. The third kappa shape index (κ3) is 5.05. The van der Waals surface area contributed by atoms with Crippen LogP contribution in [0.5, 0.6) is 5.75 Å². The Morgan fingerprint density at radius 3 is 2.60 bits per heavy atom. The van der Waals surface area contributed by atoms with Crippen LogP contribution < -0.4 is 4.74 Å². The fourth-order valence-electron chi connectivity index (χ4n) is 2.80. The van der Waals surface area contributed by atoms with Gasteiger partial charge in [-0.25, -0.2) is 4.39 Å². The Kier molecular flexibility index (Phi) is 6.99. The van der Waals surface area contributed by atoms with E-state index in [0.29, 0.717) is 29.8 Å². The maximum Gasteiger partial charge on any atom is 0.225 e. The van der Waals surface area contributed by atoms with Crippen molar-refractivity contribution >= 4 is 5.91 Å². The molecule has 2 aromatic carbocycles. The highest BCUT2D eigenvalue weighted by atomic mass is 19.1. The second kappa shape index (κ2) is 9.21. The SMILES string of the molecule is CCCN(CC)C(=O)CCOc1ccccc1-c1cc(C)ccc1F. The van der Waals surface area contributed by atoms with Crippen LogP contribution in [0.15, 0.2) is 42.5 Å². The van der Waals surface area contributed by atoms with Gasteiger partial charge in [0.2, 0.25) is 5.91 Å². The lowest BCUT2D eigenvalue weighted by Gasteiger charge is -2.20. The van der Waals surface area contributed by atoms with Crippen molar-refractivity contribution < 1.29 is 13.9 Å². The number of aryl methyl sites for hydroxylation is 1. The van der Waals surface area contributed by atoms with Gasteiger partial charge < -0.3 is 9.64 Å². The molecule has 1 amide bonds. The quantitative estimate of drug-likeness (QED) is 0.687. The van der Waals surface area contributed by atoms with Crippen LogP contribution in [0.2, 0.25) is 0 Å². The monoisotopic (exact) mass is 343 g/mol. The van der Waals surface area contributed by atoms with Crippen LogP contribution in [0.1, 0.15) is 32.3 Å². The van der Waals surface area contributed by atoms with Gasteiger partial charge in [-0.1, -0.05) is 36.8 Å². The number of halogens is 1. The molecule has 0 saturated carbocycles. The molecule has 0 aliphatic carbocycles. The molecule has 0 bridgehead atoms. The smallest absolute Gasteiger partial charge is 0.225 e. The second-order valence-corrected chi connectivity index (χ2v) is 6.05. The van der Waals surface area contributed by atoms with Gasteiger partial charge in [0.25, 0.3) is 0 Å². The number of carbonyl (C=O) groups excluding carboxylic acids is 1. The number of carbonyl (C=O) groups is 1. The average molecular weight is 343 g/mol. The lowest BCUT2D eigenvalue weighted by atomic mass is 10.0. The summed E-state index contributed by atoms with van der Waals surface area (Å²) in [5, 5.41) is 0. The van der Waals surface area contributed by atoms with Gasteiger partial charge in [0.15, 0.2) is 0 Å². The predicted octanol–water partition coefficient (Wildman–Crippen LogP) is 4.83. The first kappa shape index (κ1) is 19.0. The Morgan fingerprint density at radius 2 is 1.88 bits per heavy atom. The van der Waals surface area contributed by atoms with Crippen LogP contribution in [0.4, 0.5) is 4.39 Å². The first-order valence-electron chi connectivity index (χ1n) is 8.83. The van der Waals surface area contributed by atoms with Crippen molar-refractivity contribution in [3.8, 4) is 16.9 Å². The van der Waals surface area contributed by atoms with Gasteiger partial charge in [0.1, 0.15) is 11.6 Å². The van der Waals surface area contributed by atoms with Gasteiger partial charge in [0.05, 0.1) is 13.0 Å². The first-order chi connectivity index (χ1) is 12.1. The molecule has 0 spiro atoms. The molecule has 4 heteroatoms. The highest BCUT2D eigenvalue weighted by Gasteiger charge is 2.13. The van der Waals surface area contributed by atoms with E-state index in [1.165, 1.54) is 6.07 Å². The molecule has 2 aromatic rings. The molecule has 0 atom stereocenters. The van der Waals surface area contributed by atoms with Crippen LogP contribution in [0, 0.1) is 12.7 Å². The van der Waals surface area contributed by atoms with E-state index in [4.69, 9.17) is 4.74 Å². The molecule has 0 unspecified atom stereocenters. The third-order valence-corrected chi connectivity index (χ3v) is 4.10. The number of ether oxygens (including phenoxy) is 1. The lowest BCUT2D eigenvalue weighted by Crippen LogP contribution is -2.32. The topological polar surface area (TPSA) is 29.5 Å². The molecule has 0 heterocycles. The van der Waals surface area contributed by atoms with Gasteiger partial charge in [-0.3, -0.25) is 4.79 Å². The van der Waals surface area contributed by atoms with Crippen LogP contribution >= 0.6 is 0 Å². The molecule has 0 saturated heterocycles. The van der Waals surface area contributed by atoms with E-state index >= 15 is 0 Å². The Morgan fingerprint density at radius 1 is 1.12 bits per heavy atom. The summed E-state index contributed by atoms with van der Waals surface area (Å²) in [5.41, 5.74) is 2.21. The van der Waals surface area contributed by atoms with E-state index in [2.05, 4.69) is 6.92 Å². The lowest BCUT2D eigenvalue weighted by molar-refractivity contribution is -0.131. The molecule has 0 aliphatic heterocycles. The van der Waals surface area contributed by atoms with Crippen molar-refractivity contribution in [3.63, 3.8) is 0 Å². The Bertz CT molecular complexity index is 715. The highest BCUT2D eigenvalue weighted by Crippen LogP contribution is 2.32. The molecule has 0 aliphatic rings. The number of hydrogen-bond acceptors (Lipinski definition) is 2. The summed E-state index contributed by atoms with van der Waals surface area (Å²) in [4.78, 5) is 14.0. The summed E-state index contributed by atoms with van der Waals surface area (Å²) >= 11 is 0. The van der Waals surface area contributed by atoms with Gasteiger partial charge in [-0.05, 0) is 38.5 Å². The van der Waals surface area contributed by atoms with Crippen molar-refractivity contribution in [2.45, 2.75) is 33.6 Å². The zero-order chi connectivity index (χ0) is 18.2. The summed E-state index contributed by atoms with van der Waals surface area (Å²) in [5.74, 6) is 0.403. The molecular formula is C21H26FNO2. The van der Waals surface area contributed by atoms with Crippen molar-refractivity contribution in [2.75, 3.05) is 19.7 Å². The zero-order valence-corrected chi connectivity index (χ0v) is 15.2. The van der Waals surface area contributed by atoms with Crippen LogP contribution in [-0.4, -0.2) is 30.5 Å².